The quantitative estimate of drug-likeness (QED) is 0.0794. The highest BCUT2D eigenvalue weighted by molar-refractivity contribution is 4.84. The molecule has 0 saturated carbocycles. The summed E-state index contributed by atoms with van der Waals surface area (Å²) in [5, 5.41) is 0. The fourth-order valence-corrected chi connectivity index (χ4v) is 4.62. The molecule has 0 amide bonds. The van der Waals surface area contributed by atoms with Crippen LogP contribution in [0.3, 0.4) is 0 Å². The lowest BCUT2D eigenvalue weighted by Gasteiger charge is -2.29. The smallest absolute Gasteiger partial charge is 0.171 e. The van der Waals surface area contributed by atoms with Crippen LogP contribution in [0.2, 0.25) is 0 Å². The van der Waals surface area contributed by atoms with Gasteiger partial charge in [-0.1, -0.05) is 305 Å². The van der Waals surface area contributed by atoms with E-state index in [1.807, 2.05) is 20.8 Å². The lowest BCUT2D eigenvalue weighted by molar-refractivity contribution is -0.327. The number of hydrogen-bond acceptors (Lipinski definition) is 0. The second kappa shape index (κ2) is 70.6. The maximum atomic E-state index is 11.8. The van der Waals surface area contributed by atoms with E-state index in [1.54, 1.807) is 6.92 Å². The number of rotatable bonds is 21. The molecular formula is C82H156F36. The molecule has 0 saturated heterocycles. The molecule has 0 fully saturated rings. The Bertz CT molecular complexity index is 2000. The monoisotopic (exact) mass is 1830 g/mol. The van der Waals surface area contributed by atoms with E-state index in [2.05, 4.69) is 125 Å². The number of hydrogen-bond donors (Lipinski definition) is 0. The van der Waals surface area contributed by atoms with Crippen LogP contribution in [0, 0.1) is 74.9 Å². The van der Waals surface area contributed by atoms with Crippen molar-refractivity contribution in [1.82, 2.24) is 0 Å². The SMILES string of the molecule is CC(C)(C(F)(F)F)C(F)(F)F.CC(C)(C)C(F)(F)F.CC(C)C(C)C.CCC(C)(C)C.CCC(C)(C)C.CCC(C)C.CCC(C)C(F)(F)F.CCC(C)CC.CCCC(C(F)(F)F)C(F)(F)F.CCCCCC(F)(F)F.CCCCCCC(F)(F)F.CCCC[C@H](C)C(F)(F)F.CCC[C@H](C)C(F)(F)F.C[C@@H](CCC(F)(F)F)C(F)(F)F. The maximum absolute atomic E-state index is 11.8. The van der Waals surface area contributed by atoms with Gasteiger partial charge in [0.15, 0.2) is 11.3 Å². The van der Waals surface area contributed by atoms with Gasteiger partial charge in [-0.3, -0.25) is 0 Å². The first-order chi connectivity index (χ1) is 51.5. The second-order valence-corrected chi connectivity index (χ2v) is 33.6. The molecule has 4 atom stereocenters. The zero-order valence-corrected chi connectivity index (χ0v) is 76.8. The summed E-state index contributed by atoms with van der Waals surface area (Å²) in [7, 11) is 0. The Morgan fingerprint density at radius 2 is 0.449 bits per heavy atom. The van der Waals surface area contributed by atoms with Crippen molar-refractivity contribution >= 4 is 0 Å². The molecule has 36 heteroatoms. The highest BCUT2D eigenvalue weighted by Crippen LogP contribution is 2.49. The molecule has 0 aromatic rings. The lowest BCUT2D eigenvalue weighted by atomic mass is 9.92. The molecule has 118 heavy (non-hydrogen) atoms. The summed E-state index contributed by atoms with van der Waals surface area (Å²) in [4.78, 5) is 0. The van der Waals surface area contributed by atoms with Gasteiger partial charge in [0.25, 0.3) is 0 Å². The van der Waals surface area contributed by atoms with Gasteiger partial charge < -0.3 is 0 Å². The van der Waals surface area contributed by atoms with Crippen LogP contribution < -0.4 is 0 Å². The van der Waals surface area contributed by atoms with Gasteiger partial charge in [0.2, 0.25) is 0 Å². The molecule has 1 unspecified atom stereocenters. The number of halogens is 36. The first kappa shape index (κ1) is 147. The van der Waals surface area contributed by atoms with Gasteiger partial charge in [0.1, 0.15) is 0 Å². The van der Waals surface area contributed by atoms with Crippen molar-refractivity contribution in [2.24, 2.45) is 74.9 Å². The van der Waals surface area contributed by atoms with E-state index in [-0.39, 0.29) is 52.4 Å². The Balaban J connectivity index is -0.0000000828. The summed E-state index contributed by atoms with van der Waals surface area (Å²) in [5.74, 6) is -4.96. The van der Waals surface area contributed by atoms with E-state index in [0.29, 0.717) is 36.5 Å². The van der Waals surface area contributed by atoms with E-state index in [9.17, 15) is 158 Å². The van der Waals surface area contributed by atoms with Crippen LogP contribution in [0.25, 0.3) is 0 Å². The zero-order valence-electron chi connectivity index (χ0n) is 76.8. The fraction of sp³-hybridized carbons (Fsp3) is 1.00. The molecule has 0 aromatic carbocycles. The zero-order chi connectivity index (χ0) is 99.2. The molecule has 0 aliphatic carbocycles. The fourth-order valence-electron chi connectivity index (χ4n) is 4.62. The molecule has 0 bridgehead atoms. The predicted molar refractivity (Wildman–Crippen MR) is 412 cm³/mol. The molecular weight excluding hydrogens is 1670 g/mol. The Kier molecular flexibility index (Phi) is 88.0. The second-order valence-electron chi connectivity index (χ2n) is 33.6. The van der Waals surface area contributed by atoms with Gasteiger partial charge in [-0.05, 0) is 93.3 Å². The molecule has 0 heterocycles. The highest BCUT2D eigenvalue weighted by Gasteiger charge is 2.64. The summed E-state index contributed by atoms with van der Waals surface area (Å²) >= 11 is 0. The Labute approximate surface area is 687 Å². The van der Waals surface area contributed by atoms with Gasteiger partial charge >= 0.3 is 74.1 Å². The van der Waals surface area contributed by atoms with Crippen LogP contribution in [0.4, 0.5) is 158 Å². The summed E-state index contributed by atoms with van der Waals surface area (Å²) in [6.07, 6.45) is -44.4. The van der Waals surface area contributed by atoms with Gasteiger partial charge in [-0.25, -0.2) is 0 Å². The molecule has 0 spiro atoms. The van der Waals surface area contributed by atoms with Gasteiger partial charge in [-0.2, -0.15) is 158 Å². The van der Waals surface area contributed by atoms with Crippen LogP contribution in [0.5, 0.6) is 0 Å². The molecule has 0 N–H and O–H groups in total. The molecule has 0 nitrogen and oxygen atoms in total. The lowest BCUT2D eigenvalue weighted by Crippen LogP contribution is -2.44. The molecule has 736 valence electrons. The minimum atomic E-state index is -5.24. The van der Waals surface area contributed by atoms with Crippen LogP contribution >= 0.6 is 0 Å². The van der Waals surface area contributed by atoms with Crippen molar-refractivity contribution in [3.8, 4) is 0 Å². The maximum Gasteiger partial charge on any atom is 0.402 e. The van der Waals surface area contributed by atoms with E-state index >= 15 is 0 Å². The van der Waals surface area contributed by atoms with E-state index in [0.717, 1.165) is 77.0 Å². The molecule has 0 radical (unpaired) electrons. The molecule has 0 rings (SSSR count). The number of alkyl halides is 36. The van der Waals surface area contributed by atoms with Crippen LogP contribution in [-0.2, 0) is 0 Å². The van der Waals surface area contributed by atoms with Crippen molar-refractivity contribution in [1.29, 1.82) is 0 Å². The van der Waals surface area contributed by atoms with Crippen molar-refractivity contribution in [2.75, 3.05) is 0 Å². The summed E-state index contributed by atoms with van der Waals surface area (Å²) < 4.78 is 417. The van der Waals surface area contributed by atoms with Crippen molar-refractivity contribution in [3.63, 3.8) is 0 Å². The van der Waals surface area contributed by atoms with Crippen molar-refractivity contribution in [2.45, 2.75) is 457 Å². The van der Waals surface area contributed by atoms with Crippen molar-refractivity contribution < 1.29 is 158 Å². The highest BCUT2D eigenvalue weighted by atomic mass is 19.5. The van der Waals surface area contributed by atoms with E-state index in [4.69, 9.17) is 0 Å². The summed E-state index contributed by atoms with van der Waals surface area (Å²) in [6.45, 7) is 58.5. The van der Waals surface area contributed by atoms with Gasteiger partial charge in [0.05, 0.1) is 29.1 Å². The number of unbranched alkanes of at least 4 members (excludes halogenated alkanes) is 6. The average molecular weight is 1830 g/mol. The average Bonchev–Trinajstić information content (AvgIpc) is 0.791. The first-order valence-corrected chi connectivity index (χ1v) is 40.3. The standard InChI is InChI=1S/2C7H13F3.2C6H8F6.2C6H11F3.4C6H14.C5H6F6.2C5H9F3.C5H12/c1-3-4-5-6(2)7(8,9)10;1-2-3-4-5-6-7(8,9)10;1-4(6(10,11)12)2-3-5(7,8)9;1-2-3-4(5(7,8)9)6(10,11)12;1-3-4-5(2)6(7,8)9;1-2-3-4-5-6(7,8)9;2*1-5-6(2,3)4;1-5(2)6(3)4;1-4-6(3)5-2;1-3(2,4(6,7)8)5(9,10)11;1-4(2,3)5(6,7)8;1-3-4(2)5(6,7)8;1-4-5(2)3/h6H,3-5H2,1-2H3;2-6H2,1H3;2*4H,2-3H2,1H3;5H,3-4H2,1-2H3;2-5H2,1H3;2*5H2,1-4H3;5-6H,1-4H3;6H,4-5H2,1-3H3;1-2H3;1-3H3;4H,3H2,1-2H3;5H,4H2,1-3H3/t6-;;4-;;5-;;;;;;;;;/m0.0.0........./s1. The topological polar surface area (TPSA) is 0 Å². The Morgan fingerprint density at radius 3 is 0.568 bits per heavy atom. The van der Waals surface area contributed by atoms with E-state index in [1.165, 1.54) is 66.7 Å². The first-order valence-electron chi connectivity index (χ1n) is 40.3. The molecule has 0 aliphatic heterocycles. The van der Waals surface area contributed by atoms with Crippen LogP contribution in [0.1, 0.15) is 383 Å². The minimum Gasteiger partial charge on any atom is -0.171 e. The minimum absolute atomic E-state index is 0.104. The summed E-state index contributed by atoms with van der Waals surface area (Å²) in [5.41, 5.74) is -4.10. The van der Waals surface area contributed by atoms with Crippen LogP contribution in [-0.4, -0.2) is 74.1 Å². The van der Waals surface area contributed by atoms with Crippen molar-refractivity contribution in [3.05, 3.63) is 0 Å². The van der Waals surface area contributed by atoms with Crippen LogP contribution in [0.15, 0.2) is 0 Å². The van der Waals surface area contributed by atoms with Gasteiger partial charge in [0, 0.05) is 19.3 Å². The normalized spacial score (nSPS) is 13.7. The Morgan fingerprint density at radius 1 is 0.220 bits per heavy atom. The summed E-state index contributed by atoms with van der Waals surface area (Å²) in [6, 6.07) is 0. The third kappa shape index (κ3) is 124. The Hall–Kier alpha value is -2.52. The largest absolute Gasteiger partial charge is 0.402 e. The third-order valence-electron chi connectivity index (χ3n) is 17.1. The third-order valence-corrected chi connectivity index (χ3v) is 17.1. The van der Waals surface area contributed by atoms with E-state index < -0.39 is 147 Å². The van der Waals surface area contributed by atoms with Gasteiger partial charge in [-0.15, -0.1) is 0 Å². The molecule has 0 aromatic heterocycles. The predicted octanol–water partition coefficient (Wildman–Crippen LogP) is 40.1. The molecule has 0 aliphatic rings.